The first-order valence-electron chi connectivity index (χ1n) is 5.01. The van der Waals surface area contributed by atoms with Gasteiger partial charge in [0.05, 0.1) is 11.4 Å². The molecular weight excluding hydrogens is 283 g/mol. The summed E-state index contributed by atoms with van der Waals surface area (Å²) in [7, 11) is -3.70. The summed E-state index contributed by atoms with van der Waals surface area (Å²) in [4.78, 5) is 11.3. The average Bonchev–Trinajstić information content (AvgIpc) is 2.29. The van der Waals surface area contributed by atoms with E-state index in [-0.39, 0.29) is 0 Å². The molecule has 1 aromatic rings. The molecule has 0 aliphatic heterocycles. The van der Waals surface area contributed by atoms with Gasteiger partial charge in [-0.1, -0.05) is 6.08 Å². The van der Waals surface area contributed by atoms with Crippen LogP contribution < -0.4 is 5.32 Å². The van der Waals surface area contributed by atoms with Crippen molar-refractivity contribution in [3.63, 3.8) is 0 Å². The number of hydrogen-bond acceptors (Lipinski definition) is 3. The van der Waals surface area contributed by atoms with Gasteiger partial charge in [-0.3, -0.25) is 4.79 Å². The van der Waals surface area contributed by atoms with E-state index < -0.39 is 50.4 Å². The summed E-state index contributed by atoms with van der Waals surface area (Å²) in [5, 5.41) is 1.86. The Morgan fingerprint density at radius 3 is 2.47 bits per heavy atom. The average molecular weight is 293 g/mol. The third-order valence-corrected chi connectivity index (χ3v) is 3.48. The lowest BCUT2D eigenvalue weighted by Gasteiger charge is -2.07. The molecule has 1 amide bonds. The highest BCUT2D eigenvalue weighted by Crippen LogP contribution is 2.19. The quantitative estimate of drug-likeness (QED) is 0.663. The summed E-state index contributed by atoms with van der Waals surface area (Å²) in [5.74, 6) is -7.11. The fraction of sp³-hybridized carbons (Fsp3) is 0.182. The molecule has 0 spiro atoms. The molecule has 0 aliphatic carbocycles. The van der Waals surface area contributed by atoms with Crippen LogP contribution in [0.25, 0.3) is 0 Å². The fourth-order valence-corrected chi connectivity index (χ4v) is 2.20. The molecule has 19 heavy (non-hydrogen) atoms. The Labute approximate surface area is 107 Å². The summed E-state index contributed by atoms with van der Waals surface area (Å²) in [6, 6.07) is 1.41. The summed E-state index contributed by atoms with van der Waals surface area (Å²) in [5.41, 5.74) is -0.627. The zero-order valence-corrected chi connectivity index (χ0v) is 10.4. The Morgan fingerprint density at radius 2 is 1.89 bits per heavy atom. The molecule has 0 radical (unpaired) electrons. The van der Waals surface area contributed by atoms with E-state index in [9.17, 15) is 26.4 Å². The highest BCUT2D eigenvalue weighted by atomic mass is 32.2. The largest absolute Gasteiger partial charge is 0.323 e. The van der Waals surface area contributed by atoms with Crippen LogP contribution in [0.3, 0.4) is 0 Å². The van der Waals surface area contributed by atoms with Crippen LogP contribution in [-0.4, -0.2) is 25.8 Å². The van der Waals surface area contributed by atoms with Crippen molar-refractivity contribution in [3.05, 3.63) is 42.2 Å². The van der Waals surface area contributed by atoms with Gasteiger partial charge in [0.15, 0.2) is 27.3 Å². The molecule has 0 atom stereocenters. The fourth-order valence-electron chi connectivity index (χ4n) is 1.25. The number of nitrogens with one attached hydrogen (secondary N) is 1. The zero-order chi connectivity index (χ0) is 14.6. The predicted octanol–water partition coefficient (Wildman–Crippen LogP) is 1.64. The molecular formula is C11H10F3NO3S. The van der Waals surface area contributed by atoms with Crippen molar-refractivity contribution in [1.82, 2.24) is 0 Å². The lowest BCUT2D eigenvalue weighted by molar-refractivity contribution is -0.113. The van der Waals surface area contributed by atoms with Gasteiger partial charge in [0.25, 0.3) is 0 Å². The number of halogens is 3. The van der Waals surface area contributed by atoms with E-state index in [0.717, 1.165) is 12.1 Å². The standard InChI is InChI=1S/C11H10F3NO3S/c1-2-5-19(17,18)6-9(16)15-8-4-3-7(12)10(13)11(8)14/h2-4H,1,5-6H2,(H,15,16). The molecule has 0 aromatic heterocycles. The topological polar surface area (TPSA) is 63.2 Å². The molecule has 1 rings (SSSR count). The van der Waals surface area contributed by atoms with Crippen LogP contribution in [0, 0.1) is 17.5 Å². The van der Waals surface area contributed by atoms with E-state index in [1.165, 1.54) is 0 Å². The van der Waals surface area contributed by atoms with Gasteiger partial charge in [-0.25, -0.2) is 21.6 Å². The molecule has 0 saturated heterocycles. The Hall–Kier alpha value is -1.83. The van der Waals surface area contributed by atoms with Gasteiger partial charge in [-0.15, -0.1) is 6.58 Å². The van der Waals surface area contributed by atoms with E-state index >= 15 is 0 Å². The third-order valence-electron chi connectivity index (χ3n) is 2.03. The van der Waals surface area contributed by atoms with Crippen LogP contribution >= 0.6 is 0 Å². The lowest BCUT2D eigenvalue weighted by atomic mass is 10.3. The van der Waals surface area contributed by atoms with Crippen molar-refractivity contribution in [2.24, 2.45) is 0 Å². The van der Waals surface area contributed by atoms with Gasteiger partial charge in [0.2, 0.25) is 5.91 Å². The van der Waals surface area contributed by atoms with Crippen molar-refractivity contribution in [2.45, 2.75) is 0 Å². The van der Waals surface area contributed by atoms with Gasteiger partial charge < -0.3 is 5.32 Å². The number of anilines is 1. The van der Waals surface area contributed by atoms with Crippen LogP contribution in [0.1, 0.15) is 0 Å². The highest BCUT2D eigenvalue weighted by molar-refractivity contribution is 7.92. The van der Waals surface area contributed by atoms with Crippen LogP contribution in [0.5, 0.6) is 0 Å². The minimum atomic E-state index is -3.70. The first-order chi connectivity index (χ1) is 8.76. The maximum Gasteiger partial charge on any atom is 0.239 e. The van der Waals surface area contributed by atoms with Crippen molar-refractivity contribution < 1.29 is 26.4 Å². The van der Waals surface area contributed by atoms with Gasteiger partial charge in [-0.2, -0.15) is 0 Å². The monoisotopic (exact) mass is 293 g/mol. The summed E-state index contributed by atoms with van der Waals surface area (Å²) < 4.78 is 61.3. The first-order valence-corrected chi connectivity index (χ1v) is 6.83. The molecule has 8 heteroatoms. The van der Waals surface area contributed by atoms with Crippen LogP contribution in [0.2, 0.25) is 0 Å². The van der Waals surface area contributed by atoms with E-state index in [1.807, 2.05) is 5.32 Å². The molecule has 104 valence electrons. The van der Waals surface area contributed by atoms with E-state index in [4.69, 9.17) is 0 Å². The second-order valence-corrected chi connectivity index (χ2v) is 5.72. The van der Waals surface area contributed by atoms with Gasteiger partial charge >= 0.3 is 0 Å². The van der Waals surface area contributed by atoms with Crippen LogP contribution in [0.4, 0.5) is 18.9 Å². The molecule has 1 N–H and O–H groups in total. The number of rotatable bonds is 5. The lowest BCUT2D eigenvalue weighted by Crippen LogP contribution is -2.24. The number of carbonyl (C=O) groups is 1. The molecule has 0 fully saturated rings. The zero-order valence-electron chi connectivity index (χ0n) is 9.62. The summed E-state index contributed by atoms with van der Waals surface area (Å²) in [6.07, 6.45) is 1.10. The Kier molecular flexibility index (Phi) is 4.71. The predicted molar refractivity (Wildman–Crippen MR) is 63.8 cm³/mol. The highest BCUT2D eigenvalue weighted by Gasteiger charge is 2.19. The maximum atomic E-state index is 13.2. The molecule has 0 unspecified atom stereocenters. The maximum absolute atomic E-state index is 13.2. The van der Waals surface area contributed by atoms with Crippen molar-refractivity contribution >= 4 is 21.4 Å². The summed E-state index contributed by atoms with van der Waals surface area (Å²) in [6.45, 7) is 3.21. The van der Waals surface area contributed by atoms with Crippen molar-refractivity contribution in [1.29, 1.82) is 0 Å². The van der Waals surface area contributed by atoms with Crippen LogP contribution in [0.15, 0.2) is 24.8 Å². The van der Waals surface area contributed by atoms with Gasteiger partial charge in [0.1, 0.15) is 5.75 Å². The van der Waals surface area contributed by atoms with Gasteiger partial charge in [-0.05, 0) is 12.1 Å². The first kappa shape index (κ1) is 15.2. The molecule has 0 aliphatic rings. The number of hydrogen-bond donors (Lipinski definition) is 1. The van der Waals surface area contributed by atoms with E-state index in [2.05, 4.69) is 6.58 Å². The molecule has 4 nitrogen and oxygen atoms in total. The van der Waals surface area contributed by atoms with Crippen LogP contribution in [-0.2, 0) is 14.6 Å². The third kappa shape index (κ3) is 4.09. The SMILES string of the molecule is C=CCS(=O)(=O)CC(=O)Nc1ccc(F)c(F)c1F. The number of benzene rings is 1. The molecule has 0 bridgehead atoms. The second-order valence-electron chi connectivity index (χ2n) is 3.61. The minimum absolute atomic E-state index is 0.416. The minimum Gasteiger partial charge on any atom is -0.323 e. The van der Waals surface area contributed by atoms with E-state index in [1.54, 1.807) is 0 Å². The Balaban J connectivity index is 2.84. The van der Waals surface area contributed by atoms with Gasteiger partial charge in [0, 0.05) is 0 Å². The number of amides is 1. The Bertz CT molecular complexity index is 614. The normalized spacial score (nSPS) is 11.1. The van der Waals surface area contributed by atoms with Crippen molar-refractivity contribution in [3.8, 4) is 0 Å². The van der Waals surface area contributed by atoms with E-state index in [0.29, 0.717) is 6.07 Å². The molecule has 0 saturated carbocycles. The Morgan fingerprint density at radius 1 is 1.26 bits per heavy atom. The number of carbonyl (C=O) groups excluding carboxylic acids is 1. The number of sulfone groups is 1. The summed E-state index contributed by atoms with van der Waals surface area (Å²) >= 11 is 0. The molecule has 0 heterocycles. The van der Waals surface area contributed by atoms with Crippen molar-refractivity contribution in [2.75, 3.05) is 16.8 Å². The second kappa shape index (κ2) is 5.87. The smallest absolute Gasteiger partial charge is 0.239 e. The molecule has 1 aromatic carbocycles.